The Morgan fingerprint density at radius 1 is 0.615 bits per heavy atom. The summed E-state index contributed by atoms with van der Waals surface area (Å²) in [7, 11) is -6.56. The Bertz CT molecular complexity index is 378. The van der Waals surface area contributed by atoms with E-state index in [1.54, 1.807) is 0 Å². The zero-order valence-electron chi connectivity index (χ0n) is 16.9. The predicted octanol–water partition coefficient (Wildman–Crippen LogP) is 3.40. The quantitative estimate of drug-likeness (QED) is 0.293. The second-order valence-corrected chi connectivity index (χ2v) is 21.6. The molecular formula is C15H38N2O3S3Si3. The minimum atomic E-state index is -2.19. The van der Waals surface area contributed by atoms with Crippen molar-refractivity contribution in [3.63, 3.8) is 0 Å². The van der Waals surface area contributed by atoms with E-state index >= 15 is 0 Å². The lowest BCUT2D eigenvalue weighted by molar-refractivity contribution is 0.225. The summed E-state index contributed by atoms with van der Waals surface area (Å²) in [6.07, 6.45) is 0. The molecule has 26 heavy (non-hydrogen) atoms. The van der Waals surface area contributed by atoms with Gasteiger partial charge >= 0.3 is 25.7 Å². The lowest BCUT2D eigenvalue weighted by Crippen LogP contribution is -2.67. The van der Waals surface area contributed by atoms with Gasteiger partial charge in [0.05, 0.1) is 0 Å². The molecule has 1 saturated heterocycles. The largest absolute Gasteiger partial charge is 0.416 e. The van der Waals surface area contributed by atoms with Gasteiger partial charge in [-0.25, -0.2) is 0 Å². The fourth-order valence-electron chi connectivity index (χ4n) is 3.03. The van der Waals surface area contributed by atoms with Crippen LogP contribution in [0.3, 0.4) is 0 Å². The molecule has 0 aromatic heterocycles. The number of nitrogens with two attached hydrogens (primary N) is 2. The third-order valence-electron chi connectivity index (χ3n) is 4.13. The second kappa shape index (κ2) is 12.9. The van der Waals surface area contributed by atoms with Crippen LogP contribution in [0.1, 0.15) is 6.92 Å². The van der Waals surface area contributed by atoms with Gasteiger partial charge in [-0.2, -0.15) is 35.3 Å². The normalized spacial score (nSPS) is 32.1. The van der Waals surface area contributed by atoms with E-state index in [0.29, 0.717) is 0 Å². The van der Waals surface area contributed by atoms with E-state index in [9.17, 15) is 0 Å². The van der Waals surface area contributed by atoms with Gasteiger partial charge in [-0.3, -0.25) is 0 Å². The van der Waals surface area contributed by atoms with Crippen LogP contribution >= 0.6 is 35.3 Å². The molecule has 5 nitrogen and oxygen atoms in total. The fourth-order valence-corrected chi connectivity index (χ4v) is 25.3. The summed E-state index contributed by atoms with van der Waals surface area (Å²) >= 11 is 5.80. The van der Waals surface area contributed by atoms with Crippen molar-refractivity contribution < 1.29 is 12.3 Å². The molecule has 0 aromatic rings. The summed E-state index contributed by atoms with van der Waals surface area (Å²) in [6.45, 7) is 10.5. The van der Waals surface area contributed by atoms with E-state index in [4.69, 9.17) is 23.8 Å². The topological polar surface area (TPSA) is 79.7 Å². The molecule has 0 aliphatic carbocycles. The molecule has 0 aromatic carbocycles. The van der Waals surface area contributed by atoms with Gasteiger partial charge in [0.1, 0.15) is 0 Å². The van der Waals surface area contributed by atoms with Gasteiger partial charge < -0.3 is 23.8 Å². The summed E-state index contributed by atoms with van der Waals surface area (Å²) in [5.74, 6) is 6.43. The highest BCUT2D eigenvalue weighted by molar-refractivity contribution is 7.99. The number of hydrogen-bond donors (Lipinski definition) is 2. The summed E-state index contributed by atoms with van der Waals surface area (Å²) in [4.78, 5) is 0. The van der Waals surface area contributed by atoms with Crippen molar-refractivity contribution in [2.24, 2.45) is 11.5 Å². The van der Waals surface area contributed by atoms with E-state index < -0.39 is 25.7 Å². The van der Waals surface area contributed by atoms with Crippen LogP contribution in [0, 0.1) is 0 Å². The highest BCUT2D eigenvalue weighted by atomic mass is 32.2. The van der Waals surface area contributed by atoms with Gasteiger partial charge in [-0.05, 0) is 60.8 Å². The Morgan fingerprint density at radius 2 is 0.962 bits per heavy atom. The fraction of sp³-hybridized carbons (Fsp3) is 1.00. The van der Waals surface area contributed by atoms with Gasteiger partial charge in [0.2, 0.25) is 0 Å². The number of rotatable bonds is 14. The molecule has 0 amide bonds. The first-order valence-electron chi connectivity index (χ1n) is 9.54. The van der Waals surface area contributed by atoms with Crippen LogP contribution in [0.5, 0.6) is 0 Å². The maximum Gasteiger partial charge on any atom is 0.318 e. The van der Waals surface area contributed by atoms with E-state index in [0.717, 1.165) is 65.7 Å². The molecule has 2 unspecified atom stereocenters. The van der Waals surface area contributed by atoms with E-state index in [1.807, 2.05) is 35.3 Å². The second-order valence-electron chi connectivity index (χ2n) is 6.96. The SMILES string of the molecule is CCSCC[Si]1(C)O[Si](C)(CCSCCN)O[Si](C)(CCSCCN)O1. The van der Waals surface area contributed by atoms with Gasteiger partial charge in [0.25, 0.3) is 0 Å². The molecule has 11 heteroatoms. The average molecular weight is 475 g/mol. The molecular weight excluding hydrogens is 437 g/mol. The van der Waals surface area contributed by atoms with Crippen molar-refractivity contribution in [1.82, 2.24) is 0 Å². The lowest BCUT2D eigenvalue weighted by Gasteiger charge is -2.50. The molecule has 2 atom stereocenters. The summed E-state index contributed by atoms with van der Waals surface area (Å²) < 4.78 is 20.1. The Balaban J connectivity index is 2.75. The Hall–Kier alpha value is 1.50. The van der Waals surface area contributed by atoms with Crippen LogP contribution in [0.4, 0.5) is 0 Å². The molecule has 1 fully saturated rings. The van der Waals surface area contributed by atoms with Gasteiger partial charge in [0, 0.05) is 24.6 Å². The molecule has 1 heterocycles. The molecule has 1 aliphatic rings. The van der Waals surface area contributed by atoms with E-state index in [-0.39, 0.29) is 0 Å². The molecule has 0 bridgehead atoms. The first-order valence-corrected chi connectivity index (χ1v) is 20.6. The van der Waals surface area contributed by atoms with E-state index in [2.05, 4.69) is 26.6 Å². The van der Waals surface area contributed by atoms with Crippen LogP contribution in [-0.4, -0.2) is 73.3 Å². The monoisotopic (exact) mass is 474 g/mol. The van der Waals surface area contributed by atoms with Crippen LogP contribution in [0.15, 0.2) is 0 Å². The van der Waals surface area contributed by atoms with Gasteiger partial charge in [-0.1, -0.05) is 6.92 Å². The van der Waals surface area contributed by atoms with Crippen molar-refractivity contribution in [1.29, 1.82) is 0 Å². The van der Waals surface area contributed by atoms with Gasteiger partial charge in [0.15, 0.2) is 0 Å². The zero-order chi connectivity index (χ0) is 19.5. The number of hydrogen-bond acceptors (Lipinski definition) is 8. The van der Waals surface area contributed by atoms with Crippen LogP contribution < -0.4 is 11.5 Å². The molecule has 0 saturated carbocycles. The Labute approximate surface area is 176 Å². The van der Waals surface area contributed by atoms with E-state index in [1.165, 1.54) is 0 Å². The minimum Gasteiger partial charge on any atom is -0.416 e. The van der Waals surface area contributed by atoms with Crippen LogP contribution in [-0.2, 0) is 12.3 Å². The molecule has 1 rings (SSSR count). The van der Waals surface area contributed by atoms with Crippen molar-refractivity contribution in [2.75, 3.05) is 47.6 Å². The van der Waals surface area contributed by atoms with Crippen molar-refractivity contribution in [3.05, 3.63) is 0 Å². The highest BCUT2D eigenvalue weighted by Gasteiger charge is 2.55. The van der Waals surface area contributed by atoms with Crippen molar-refractivity contribution >= 4 is 61.0 Å². The third-order valence-corrected chi connectivity index (χ3v) is 22.0. The van der Waals surface area contributed by atoms with Crippen molar-refractivity contribution in [3.8, 4) is 0 Å². The molecule has 0 radical (unpaired) electrons. The minimum absolute atomic E-state index is 0.735. The first kappa shape index (κ1) is 25.5. The maximum atomic E-state index is 6.70. The molecule has 156 valence electrons. The van der Waals surface area contributed by atoms with Gasteiger partial charge in [-0.15, -0.1) is 0 Å². The average Bonchev–Trinajstić information content (AvgIpc) is 2.55. The Morgan fingerprint density at radius 3 is 1.27 bits per heavy atom. The molecule has 1 aliphatic heterocycles. The highest BCUT2D eigenvalue weighted by Crippen LogP contribution is 2.38. The van der Waals surface area contributed by atoms with Crippen LogP contribution in [0.25, 0.3) is 0 Å². The molecule has 0 spiro atoms. The number of thioether (sulfide) groups is 3. The first-order chi connectivity index (χ1) is 12.3. The summed E-state index contributed by atoms with van der Waals surface area (Å²) in [6, 6.07) is 3.12. The van der Waals surface area contributed by atoms with Crippen molar-refractivity contribution in [2.45, 2.75) is 44.7 Å². The zero-order valence-corrected chi connectivity index (χ0v) is 22.3. The molecule has 4 N–H and O–H groups in total. The predicted molar refractivity (Wildman–Crippen MR) is 128 cm³/mol. The Kier molecular flexibility index (Phi) is 12.7. The summed E-state index contributed by atoms with van der Waals surface area (Å²) in [5, 5.41) is 0. The lowest BCUT2D eigenvalue weighted by atomic mass is 10.8. The maximum absolute atomic E-state index is 6.70. The third kappa shape index (κ3) is 9.81. The van der Waals surface area contributed by atoms with Crippen LogP contribution in [0.2, 0.25) is 37.8 Å². The summed E-state index contributed by atoms with van der Waals surface area (Å²) in [5.41, 5.74) is 11.2. The smallest absolute Gasteiger partial charge is 0.318 e. The standard InChI is InChI=1S/C15H38N2O3S3Si3/c1-5-21-10-13-24(2)18-25(3,14-11-22-8-6-16)20-26(4,19-24)15-12-23-9-7-17/h5-17H2,1-4H3.